The second-order valence-corrected chi connectivity index (χ2v) is 3.49. The lowest BCUT2D eigenvalue weighted by molar-refractivity contribution is -0.142. The summed E-state index contributed by atoms with van der Waals surface area (Å²) in [4.78, 5) is 16.1. The molecule has 6 heteroatoms. The Balaban J connectivity index is 2.11. The van der Waals surface area contributed by atoms with Gasteiger partial charge < -0.3 is 4.74 Å². The molecule has 2 aromatic heterocycles. The summed E-state index contributed by atoms with van der Waals surface area (Å²) in [5.41, 5.74) is 2.40. The van der Waals surface area contributed by atoms with Crippen LogP contribution in [0.5, 0.6) is 0 Å². The zero-order chi connectivity index (χ0) is 9.97. The lowest BCUT2D eigenvalue weighted by atomic mass is 10.3. The van der Waals surface area contributed by atoms with Gasteiger partial charge in [0.25, 0.3) is 0 Å². The minimum atomic E-state index is -0.252. The highest BCUT2D eigenvalue weighted by atomic mass is 32.1. The minimum Gasteiger partial charge on any atom is -0.466 e. The van der Waals surface area contributed by atoms with Gasteiger partial charge in [0.1, 0.15) is 5.51 Å². The Labute approximate surface area is 84.3 Å². The molecule has 0 fully saturated rings. The molecule has 2 rings (SSSR count). The number of nitrogens with zero attached hydrogens (tertiary/aromatic N) is 3. The third kappa shape index (κ3) is 1.74. The van der Waals surface area contributed by atoms with Crippen molar-refractivity contribution < 1.29 is 9.53 Å². The maximum absolute atomic E-state index is 11.1. The molecule has 2 aromatic rings. The molecule has 0 spiro atoms. The van der Waals surface area contributed by atoms with E-state index in [1.54, 1.807) is 23.1 Å². The van der Waals surface area contributed by atoms with Crippen LogP contribution in [0.2, 0.25) is 0 Å². The number of esters is 1. The van der Waals surface area contributed by atoms with Gasteiger partial charge in [0.2, 0.25) is 4.96 Å². The number of carbonyl (C=O) groups is 1. The lowest BCUT2D eigenvalue weighted by Gasteiger charge is -1.97. The van der Waals surface area contributed by atoms with Crippen LogP contribution in [0.4, 0.5) is 0 Å². The molecule has 0 aromatic carbocycles. The summed E-state index contributed by atoms with van der Waals surface area (Å²) in [5, 5.41) is 4.01. The maximum atomic E-state index is 11.1. The van der Waals surface area contributed by atoms with Crippen LogP contribution in [-0.4, -0.2) is 27.2 Å². The number of aromatic nitrogens is 3. The van der Waals surface area contributed by atoms with Crippen molar-refractivity contribution in [3.8, 4) is 0 Å². The van der Waals surface area contributed by atoms with E-state index < -0.39 is 0 Å². The molecule has 0 bridgehead atoms. The Kier molecular flexibility index (Phi) is 2.45. The third-order valence-corrected chi connectivity index (χ3v) is 2.36. The molecule has 0 aliphatic carbocycles. The number of carbonyl (C=O) groups excluding carboxylic acids is 1. The van der Waals surface area contributed by atoms with Crippen molar-refractivity contribution in [2.45, 2.75) is 13.3 Å². The van der Waals surface area contributed by atoms with Crippen molar-refractivity contribution in [1.29, 1.82) is 0 Å². The number of rotatable bonds is 3. The molecule has 0 amide bonds. The normalized spacial score (nSPS) is 10.6. The molecule has 0 N–H and O–H groups in total. The molecule has 2 heterocycles. The summed E-state index contributed by atoms with van der Waals surface area (Å²) in [6, 6.07) is 0. The predicted octanol–water partition coefficient (Wildman–Crippen LogP) is 0.896. The molecule has 0 aliphatic heterocycles. The van der Waals surface area contributed by atoms with Crippen LogP contribution in [0.3, 0.4) is 0 Å². The van der Waals surface area contributed by atoms with Gasteiger partial charge in [-0.05, 0) is 6.92 Å². The summed E-state index contributed by atoms with van der Waals surface area (Å²) in [6.07, 6.45) is 1.95. The van der Waals surface area contributed by atoms with Gasteiger partial charge in [-0.1, -0.05) is 11.3 Å². The first-order valence-electron chi connectivity index (χ1n) is 4.23. The quantitative estimate of drug-likeness (QED) is 0.708. The average Bonchev–Trinajstić information content (AvgIpc) is 2.63. The Bertz CT molecular complexity index is 420. The highest BCUT2D eigenvalue weighted by molar-refractivity contribution is 7.14. The lowest BCUT2D eigenvalue weighted by Crippen LogP contribution is -2.07. The van der Waals surface area contributed by atoms with Crippen LogP contribution >= 0.6 is 11.3 Å². The molecule has 0 aliphatic rings. The van der Waals surface area contributed by atoms with Gasteiger partial charge in [-0.2, -0.15) is 5.10 Å². The van der Waals surface area contributed by atoms with Gasteiger partial charge in [0.05, 0.1) is 24.9 Å². The van der Waals surface area contributed by atoms with Gasteiger partial charge in [0, 0.05) is 0 Å². The van der Waals surface area contributed by atoms with Crippen molar-refractivity contribution in [1.82, 2.24) is 14.6 Å². The zero-order valence-electron chi connectivity index (χ0n) is 7.64. The van der Waals surface area contributed by atoms with Crippen molar-refractivity contribution in [2.24, 2.45) is 0 Å². The topological polar surface area (TPSA) is 56.5 Å². The molecule has 14 heavy (non-hydrogen) atoms. The average molecular weight is 211 g/mol. The van der Waals surface area contributed by atoms with Crippen LogP contribution in [0.15, 0.2) is 11.7 Å². The van der Waals surface area contributed by atoms with Gasteiger partial charge in [-0.15, -0.1) is 0 Å². The monoisotopic (exact) mass is 211 g/mol. The van der Waals surface area contributed by atoms with Gasteiger partial charge in [-0.25, -0.2) is 9.50 Å². The van der Waals surface area contributed by atoms with Crippen molar-refractivity contribution in [3.05, 3.63) is 17.4 Å². The first kappa shape index (κ1) is 9.14. The van der Waals surface area contributed by atoms with E-state index >= 15 is 0 Å². The van der Waals surface area contributed by atoms with E-state index in [1.165, 1.54) is 11.3 Å². The van der Waals surface area contributed by atoms with Gasteiger partial charge >= 0.3 is 5.97 Å². The van der Waals surface area contributed by atoms with E-state index in [0.29, 0.717) is 12.3 Å². The van der Waals surface area contributed by atoms with E-state index in [4.69, 9.17) is 4.74 Å². The number of hydrogen-bond acceptors (Lipinski definition) is 5. The van der Waals surface area contributed by atoms with E-state index in [1.807, 2.05) is 0 Å². The van der Waals surface area contributed by atoms with Crippen LogP contribution in [0, 0.1) is 0 Å². The van der Waals surface area contributed by atoms with Crippen LogP contribution in [0.1, 0.15) is 12.6 Å². The SMILES string of the molecule is CCOC(=O)Cc1cn2ncsc2n1. The zero-order valence-corrected chi connectivity index (χ0v) is 8.45. The predicted molar refractivity (Wildman–Crippen MR) is 51.2 cm³/mol. The molecule has 0 atom stereocenters. The Morgan fingerprint density at radius 2 is 2.57 bits per heavy atom. The Morgan fingerprint density at radius 1 is 1.71 bits per heavy atom. The molecular weight excluding hydrogens is 202 g/mol. The van der Waals surface area contributed by atoms with Crippen molar-refractivity contribution >= 4 is 22.3 Å². The van der Waals surface area contributed by atoms with Crippen LogP contribution in [0.25, 0.3) is 4.96 Å². The number of fused-ring (bicyclic) bond motifs is 1. The maximum Gasteiger partial charge on any atom is 0.311 e. The second-order valence-electron chi connectivity index (χ2n) is 2.68. The van der Waals surface area contributed by atoms with E-state index in [-0.39, 0.29) is 12.4 Å². The van der Waals surface area contributed by atoms with E-state index in [2.05, 4.69) is 10.1 Å². The molecule has 0 saturated heterocycles. The summed E-state index contributed by atoms with van der Waals surface area (Å²) in [7, 11) is 0. The minimum absolute atomic E-state index is 0.212. The van der Waals surface area contributed by atoms with Crippen molar-refractivity contribution in [2.75, 3.05) is 6.61 Å². The summed E-state index contributed by atoms with van der Waals surface area (Å²) >= 11 is 1.44. The molecule has 0 radical (unpaired) electrons. The fourth-order valence-corrected chi connectivity index (χ4v) is 1.75. The Hall–Kier alpha value is -1.43. The molecule has 74 valence electrons. The first-order chi connectivity index (χ1) is 6.79. The molecule has 0 unspecified atom stereocenters. The highest BCUT2D eigenvalue weighted by Crippen LogP contribution is 2.09. The first-order valence-corrected chi connectivity index (χ1v) is 5.11. The van der Waals surface area contributed by atoms with Crippen LogP contribution < -0.4 is 0 Å². The summed E-state index contributed by atoms with van der Waals surface area (Å²) < 4.78 is 6.47. The fraction of sp³-hybridized carbons (Fsp3) is 0.375. The van der Waals surface area contributed by atoms with Gasteiger partial charge in [-0.3, -0.25) is 4.79 Å². The number of hydrogen-bond donors (Lipinski definition) is 0. The highest BCUT2D eigenvalue weighted by Gasteiger charge is 2.08. The fourth-order valence-electron chi connectivity index (χ4n) is 1.13. The smallest absolute Gasteiger partial charge is 0.311 e. The molecule has 0 saturated carbocycles. The Morgan fingerprint density at radius 3 is 3.29 bits per heavy atom. The van der Waals surface area contributed by atoms with Gasteiger partial charge in [0.15, 0.2) is 0 Å². The van der Waals surface area contributed by atoms with Crippen molar-refractivity contribution in [3.63, 3.8) is 0 Å². The second kappa shape index (κ2) is 3.75. The molecular formula is C8H9N3O2S. The van der Waals surface area contributed by atoms with Crippen LogP contribution in [-0.2, 0) is 16.0 Å². The number of ether oxygens (including phenoxy) is 1. The largest absolute Gasteiger partial charge is 0.466 e. The van der Waals surface area contributed by atoms with E-state index in [9.17, 15) is 4.79 Å². The summed E-state index contributed by atoms with van der Waals surface area (Å²) in [5.74, 6) is -0.252. The standard InChI is InChI=1S/C8H9N3O2S/c1-2-13-7(12)3-6-4-11-8(10-6)14-5-9-11/h4-5H,2-3H2,1H3. The molecule has 5 nitrogen and oxygen atoms in total. The van der Waals surface area contributed by atoms with E-state index in [0.717, 1.165) is 4.96 Å². The number of imidazole rings is 1. The third-order valence-electron chi connectivity index (χ3n) is 1.67. The summed E-state index contributed by atoms with van der Waals surface area (Å²) in [6.45, 7) is 2.19.